The highest BCUT2D eigenvalue weighted by atomic mass is 17.0. The second kappa shape index (κ2) is 3.96. The van der Waals surface area contributed by atoms with E-state index < -0.39 is 0 Å². The molecule has 2 unspecified atom stereocenters. The molecule has 0 radical (unpaired) electrons. The molecule has 90 valence electrons. The third-order valence-electron chi connectivity index (χ3n) is 3.95. The van der Waals surface area contributed by atoms with Gasteiger partial charge >= 0.3 is 0 Å². The molecule has 4 rings (SSSR count). The monoisotopic (exact) mass is 227 g/mol. The van der Waals surface area contributed by atoms with E-state index in [-0.39, 0.29) is 18.0 Å². The van der Waals surface area contributed by atoms with Crippen molar-refractivity contribution in [3.8, 4) is 0 Å². The lowest BCUT2D eigenvalue weighted by molar-refractivity contribution is -0.331. The van der Waals surface area contributed by atoms with Crippen molar-refractivity contribution in [3.05, 3.63) is 0 Å². The van der Waals surface area contributed by atoms with Crippen molar-refractivity contribution >= 4 is 5.91 Å². The number of amides is 1. The van der Waals surface area contributed by atoms with Crippen molar-refractivity contribution in [2.24, 2.45) is 5.92 Å². The van der Waals surface area contributed by atoms with E-state index in [0.717, 1.165) is 30.7 Å². The molecule has 6 nitrogen and oxygen atoms in total. The van der Waals surface area contributed by atoms with Crippen LogP contribution in [0, 0.1) is 5.92 Å². The summed E-state index contributed by atoms with van der Waals surface area (Å²) in [5, 5.41) is 0.925. The topological polar surface area (TPSA) is 54.0 Å². The molecule has 1 N–H and O–H groups in total. The van der Waals surface area contributed by atoms with Crippen molar-refractivity contribution < 1.29 is 14.6 Å². The summed E-state index contributed by atoms with van der Waals surface area (Å²) in [5.74, 6) is 0.654. The molecule has 2 bridgehead atoms. The fourth-order valence-electron chi connectivity index (χ4n) is 3.04. The highest BCUT2D eigenvalue weighted by Gasteiger charge is 2.46. The summed E-state index contributed by atoms with van der Waals surface area (Å²) in [6.45, 7) is 2.21. The summed E-state index contributed by atoms with van der Waals surface area (Å²) in [5.41, 5.74) is 2.77. The third kappa shape index (κ3) is 1.53. The van der Waals surface area contributed by atoms with Crippen LogP contribution in [0.5, 0.6) is 0 Å². The van der Waals surface area contributed by atoms with Gasteiger partial charge in [-0.1, -0.05) is 5.23 Å². The Morgan fingerprint density at radius 2 is 2.19 bits per heavy atom. The van der Waals surface area contributed by atoms with Crippen LogP contribution in [0.1, 0.15) is 19.3 Å². The zero-order valence-corrected chi connectivity index (χ0v) is 9.39. The standard InChI is InChI=1S/C10H17N3O3/c1-15-13-10(14)9(11-16-13)8-6-7-2-4-12(8)5-3-7/h7-9,11H,2-6H2,1H3. The first kappa shape index (κ1) is 10.5. The van der Waals surface area contributed by atoms with Crippen LogP contribution in [0.4, 0.5) is 0 Å². The normalized spacial score (nSPS) is 43.1. The lowest BCUT2D eigenvalue weighted by Gasteiger charge is -2.46. The van der Waals surface area contributed by atoms with E-state index in [1.165, 1.54) is 20.0 Å². The van der Waals surface area contributed by atoms with E-state index in [9.17, 15) is 4.79 Å². The van der Waals surface area contributed by atoms with Gasteiger partial charge in [-0.3, -0.25) is 9.69 Å². The molecule has 1 amide bonds. The van der Waals surface area contributed by atoms with Crippen molar-refractivity contribution in [3.63, 3.8) is 0 Å². The van der Waals surface area contributed by atoms with Gasteiger partial charge in [0.15, 0.2) is 0 Å². The smallest absolute Gasteiger partial charge is 0.296 e. The van der Waals surface area contributed by atoms with E-state index in [4.69, 9.17) is 9.78 Å². The molecule has 0 aromatic carbocycles. The van der Waals surface area contributed by atoms with Gasteiger partial charge in [0, 0.05) is 6.04 Å². The van der Waals surface area contributed by atoms with Crippen LogP contribution in [0.2, 0.25) is 0 Å². The van der Waals surface area contributed by atoms with Crippen LogP contribution in [0.15, 0.2) is 0 Å². The van der Waals surface area contributed by atoms with Gasteiger partial charge < -0.3 is 0 Å². The van der Waals surface area contributed by atoms with Crippen molar-refractivity contribution in [1.29, 1.82) is 0 Å². The second-order valence-corrected chi connectivity index (χ2v) is 4.75. The number of nitrogens with zero attached hydrogens (tertiary/aromatic N) is 2. The minimum atomic E-state index is -0.275. The summed E-state index contributed by atoms with van der Waals surface area (Å²) in [6.07, 6.45) is 3.63. The molecular formula is C10H17N3O3. The first-order chi connectivity index (χ1) is 7.79. The van der Waals surface area contributed by atoms with Crippen LogP contribution in [0.3, 0.4) is 0 Å². The number of fused-ring (bicyclic) bond motifs is 3. The zero-order chi connectivity index (χ0) is 11.1. The number of nitrogens with one attached hydrogen (secondary N) is 1. The summed E-state index contributed by atoms with van der Waals surface area (Å²) in [7, 11) is 1.43. The number of carbonyl (C=O) groups is 1. The predicted octanol–water partition coefficient (Wildman–Crippen LogP) is -0.321. The van der Waals surface area contributed by atoms with Crippen LogP contribution < -0.4 is 5.48 Å². The number of carbonyl (C=O) groups excluding carboxylic acids is 1. The van der Waals surface area contributed by atoms with Gasteiger partial charge in [-0.15, -0.1) is 0 Å². The Hall–Kier alpha value is -0.690. The van der Waals surface area contributed by atoms with Gasteiger partial charge in [-0.05, 0) is 38.3 Å². The fourth-order valence-corrected chi connectivity index (χ4v) is 3.04. The molecule has 4 aliphatic heterocycles. The molecule has 0 aromatic rings. The van der Waals surface area contributed by atoms with Gasteiger partial charge in [0.05, 0.1) is 7.11 Å². The summed E-state index contributed by atoms with van der Waals surface area (Å²) < 4.78 is 0. The van der Waals surface area contributed by atoms with Crippen molar-refractivity contribution in [2.45, 2.75) is 31.3 Å². The molecule has 4 aliphatic rings. The van der Waals surface area contributed by atoms with Crippen molar-refractivity contribution in [1.82, 2.24) is 15.6 Å². The first-order valence-corrected chi connectivity index (χ1v) is 5.84. The Morgan fingerprint density at radius 1 is 1.44 bits per heavy atom. The SMILES string of the molecule is CON1ONC(C2CC3CCN2CC3)C1=O. The number of hydrogen-bond donors (Lipinski definition) is 1. The Labute approximate surface area is 94.3 Å². The van der Waals surface area contributed by atoms with E-state index >= 15 is 0 Å². The van der Waals surface area contributed by atoms with E-state index in [0.29, 0.717) is 0 Å². The second-order valence-electron chi connectivity index (χ2n) is 4.75. The molecule has 4 heterocycles. The highest BCUT2D eigenvalue weighted by molar-refractivity contribution is 5.82. The molecule has 0 aromatic heterocycles. The average Bonchev–Trinajstić information content (AvgIpc) is 2.71. The lowest BCUT2D eigenvalue weighted by atomic mass is 9.80. The minimum absolute atomic E-state index is 0.125. The number of hydroxylamine groups is 3. The van der Waals surface area contributed by atoms with E-state index in [1.807, 2.05) is 0 Å². The number of hydrogen-bond acceptors (Lipinski definition) is 5. The van der Waals surface area contributed by atoms with Gasteiger partial charge in [-0.25, -0.2) is 4.84 Å². The molecule has 2 atom stereocenters. The van der Waals surface area contributed by atoms with E-state index in [2.05, 4.69) is 10.4 Å². The van der Waals surface area contributed by atoms with Gasteiger partial charge in [-0.2, -0.15) is 10.4 Å². The Kier molecular flexibility index (Phi) is 2.59. The number of rotatable bonds is 2. The Balaban J connectivity index is 1.72. The molecule has 6 heteroatoms. The lowest BCUT2D eigenvalue weighted by Crippen LogP contribution is -2.58. The highest BCUT2D eigenvalue weighted by Crippen LogP contribution is 2.34. The largest absolute Gasteiger partial charge is 0.298 e. The molecule has 0 saturated carbocycles. The quantitative estimate of drug-likeness (QED) is 0.700. The zero-order valence-electron chi connectivity index (χ0n) is 9.39. The van der Waals surface area contributed by atoms with Crippen LogP contribution in [-0.2, 0) is 14.6 Å². The van der Waals surface area contributed by atoms with Gasteiger partial charge in [0.25, 0.3) is 5.91 Å². The maximum Gasteiger partial charge on any atom is 0.296 e. The molecular weight excluding hydrogens is 210 g/mol. The molecule has 4 fully saturated rings. The van der Waals surface area contributed by atoms with Gasteiger partial charge in [0.2, 0.25) is 0 Å². The fraction of sp³-hybridized carbons (Fsp3) is 0.900. The maximum atomic E-state index is 11.9. The molecule has 0 spiro atoms. The predicted molar refractivity (Wildman–Crippen MR) is 54.6 cm³/mol. The van der Waals surface area contributed by atoms with E-state index in [1.54, 1.807) is 0 Å². The number of piperidine rings is 3. The summed E-state index contributed by atoms with van der Waals surface area (Å²) in [4.78, 5) is 24.1. The van der Waals surface area contributed by atoms with Crippen LogP contribution in [0.25, 0.3) is 0 Å². The molecule has 0 aliphatic carbocycles. The molecule has 16 heavy (non-hydrogen) atoms. The third-order valence-corrected chi connectivity index (χ3v) is 3.95. The van der Waals surface area contributed by atoms with Crippen molar-refractivity contribution in [2.75, 3.05) is 20.2 Å². The Bertz CT molecular complexity index is 291. The maximum absolute atomic E-state index is 11.9. The Morgan fingerprint density at radius 3 is 2.69 bits per heavy atom. The summed E-state index contributed by atoms with van der Waals surface area (Å²) in [6, 6.07) is -0.0109. The summed E-state index contributed by atoms with van der Waals surface area (Å²) >= 11 is 0. The minimum Gasteiger partial charge on any atom is -0.298 e. The van der Waals surface area contributed by atoms with Crippen LogP contribution in [-0.4, -0.2) is 48.3 Å². The first-order valence-electron chi connectivity index (χ1n) is 5.84. The average molecular weight is 227 g/mol. The van der Waals surface area contributed by atoms with Gasteiger partial charge in [0.1, 0.15) is 6.04 Å². The molecule has 4 saturated heterocycles. The van der Waals surface area contributed by atoms with Crippen LogP contribution >= 0.6 is 0 Å².